The van der Waals surface area contributed by atoms with E-state index >= 15 is 0 Å². The second kappa shape index (κ2) is 6.83. The Balaban J connectivity index is 1.77. The predicted molar refractivity (Wildman–Crippen MR) is 93.5 cm³/mol. The van der Waals surface area contributed by atoms with Gasteiger partial charge in [-0.1, -0.05) is 47.1 Å². The van der Waals surface area contributed by atoms with Crippen molar-refractivity contribution in [2.45, 2.75) is 10.9 Å². The maximum absolute atomic E-state index is 11.5. The molecule has 0 atom stereocenters. The molecule has 3 rings (SSSR count). The van der Waals surface area contributed by atoms with E-state index in [9.17, 15) is 4.79 Å². The van der Waals surface area contributed by atoms with Crippen LogP contribution in [0, 0.1) is 0 Å². The van der Waals surface area contributed by atoms with E-state index in [2.05, 4.69) is 9.97 Å². The van der Waals surface area contributed by atoms with Crippen molar-refractivity contribution in [3.8, 4) is 0 Å². The SMILES string of the molecule is COC(=O)c1cccc(CSc2nc3cc(Cl)c(Cl)cc3[nH]2)c1. The minimum Gasteiger partial charge on any atom is -0.465 e. The van der Waals surface area contributed by atoms with Gasteiger partial charge in [0.25, 0.3) is 0 Å². The highest BCUT2D eigenvalue weighted by Gasteiger charge is 2.09. The molecule has 0 amide bonds. The number of aromatic nitrogens is 2. The van der Waals surface area contributed by atoms with Gasteiger partial charge in [-0.15, -0.1) is 0 Å². The number of hydrogen-bond acceptors (Lipinski definition) is 4. The normalized spacial score (nSPS) is 10.9. The number of benzene rings is 2. The molecule has 2 aromatic carbocycles. The number of thioether (sulfide) groups is 1. The number of halogens is 2. The Labute approximate surface area is 147 Å². The lowest BCUT2D eigenvalue weighted by Crippen LogP contribution is -2.01. The zero-order valence-corrected chi connectivity index (χ0v) is 14.4. The fourth-order valence-electron chi connectivity index (χ4n) is 2.11. The fourth-order valence-corrected chi connectivity index (χ4v) is 3.26. The molecule has 0 radical (unpaired) electrons. The molecule has 1 N–H and O–H groups in total. The number of imidazole rings is 1. The number of methoxy groups -OCH3 is 1. The molecule has 0 spiro atoms. The average Bonchev–Trinajstić information content (AvgIpc) is 2.94. The van der Waals surface area contributed by atoms with E-state index in [1.54, 1.807) is 18.2 Å². The van der Waals surface area contributed by atoms with Gasteiger partial charge in [0.1, 0.15) is 0 Å². The van der Waals surface area contributed by atoms with E-state index in [0.29, 0.717) is 21.4 Å². The van der Waals surface area contributed by atoms with Gasteiger partial charge in [-0.25, -0.2) is 9.78 Å². The minimum absolute atomic E-state index is 0.343. The molecule has 3 aromatic rings. The summed E-state index contributed by atoms with van der Waals surface area (Å²) in [6, 6.07) is 10.8. The van der Waals surface area contributed by atoms with Crippen molar-refractivity contribution in [3.63, 3.8) is 0 Å². The maximum Gasteiger partial charge on any atom is 0.337 e. The van der Waals surface area contributed by atoms with Gasteiger partial charge in [-0.3, -0.25) is 0 Å². The molecule has 0 aliphatic rings. The van der Waals surface area contributed by atoms with Crippen molar-refractivity contribution in [1.82, 2.24) is 9.97 Å². The summed E-state index contributed by atoms with van der Waals surface area (Å²) in [5.41, 5.74) is 3.15. The van der Waals surface area contributed by atoms with Gasteiger partial charge in [-0.05, 0) is 29.8 Å². The topological polar surface area (TPSA) is 55.0 Å². The predicted octanol–water partition coefficient (Wildman–Crippen LogP) is 4.95. The third-order valence-corrected chi connectivity index (χ3v) is 4.89. The van der Waals surface area contributed by atoms with Crippen molar-refractivity contribution < 1.29 is 9.53 Å². The second-order valence-corrected chi connectivity index (χ2v) is 6.58. The summed E-state index contributed by atoms with van der Waals surface area (Å²) in [5, 5.41) is 1.74. The molecule has 0 saturated carbocycles. The average molecular weight is 367 g/mol. The summed E-state index contributed by atoms with van der Waals surface area (Å²) in [4.78, 5) is 19.2. The molecule has 0 fully saturated rings. The first-order valence-electron chi connectivity index (χ1n) is 6.71. The number of nitrogens with zero attached hydrogens (tertiary/aromatic N) is 1. The highest BCUT2D eigenvalue weighted by molar-refractivity contribution is 7.98. The number of carbonyl (C=O) groups excluding carboxylic acids is 1. The number of H-pyrrole nitrogens is 1. The van der Waals surface area contributed by atoms with E-state index in [1.165, 1.54) is 18.9 Å². The largest absolute Gasteiger partial charge is 0.465 e. The summed E-state index contributed by atoms with van der Waals surface area (Å²) in [6.07, 6.45) is 0. The van der Waals surface area contributed by atoms with Gasteiger partial charge in [0, 0.05) is 5.75 Å². The first kappa shape index (κ1) is 16.2. The first-order valence-corrected chi connectivity index (χ1v) is 8.46. The lowest BCUT2D eigenvalue weighted by atomic mass is 10.1. The minimum atomic E-state index is -0.343. The second-order valence-electron chi connectivity index (χ2n) is 4.81. The molecular formula is C16H12Cl2N2O2S. The molecule has 1 heterocycles. The summed E-state index contributed by atoms with van der Waals surface area (Å²) in [5.74, 6) is 0.330. The first-order chi connectivity index (χ1) is 11.1. The van der Waals surface area contributed by atoms with Gasteiger partial charge in [0.05, 0.1) is 33.8 Å². The van der Waals surface area contributed by atoms with Crippen LogP contribution in [0.25, 0.3) is 11.0 Å². The van der Waals surface area contributed by atoms with Crippen LogP contribution in [0.15, 0.2) is 41.6 Å². The summed E-state index contributed by atoms with van der Waals surface area (Å²) >= 11 is 13.5. The Morgan fingerprint density at radius 1 is 1.26 bits per heavy atom. The van der Waals surface area contributed by atoms with Crippen molar-refractivity contribution in [2.75, 3.05) is 7.11 Å². The van der Waals surface area contributed by atoms with Gasteiger partial charge >= 0.3 is 5.97 Å². The summed E-state index contributed by atoms with van der Waals surface area (Å²) < 4.78 is 4.73. The number of fused-ring (bicyclic) bond motifs is 1. The Bertz CT molecular complexity index is 841. The lowest BCUT2D eigenvalue weighted by molar-refractivity contribution is 0.0600. The Morgan fingerprint density at radius 3 is 2.83 bits per heavy atom. The van der Waals surface area contributed by atoms with Crippen molar-refractivity contribution in [1.29, 1.82) is 0 Å². The molecule has 0 saturated heterocycles. The molecule has 0 aliphatic heterocycles. The Morgan fingerprint density at radius 2 is 2.04 bits per heavy atom. The number of ether oxygens (including phenoxy) is 1. The zero-order chi connectivity index (χ0) is 16.4. The number of nitrogens with one attached hydrogen (secondary N) is 1. The summed E-state index contributed by atoms with van der Waals surface area (Å²) in [6.45, 7) is 0. The van der Waals surface area contributed by atoms with E-state index in [0.717, 1.165) is 21.8 Å². The molecule has 7 heteroatoms. The third kappa shape index (κ3) is 3.63. The quantitative estimate of drug-likeness (QED) is 0.524. The standard InChI is InChI=1S/C16H12Cl2N2O2S/c1-22-15(21)10-4-2-3-9(5-10)8-23-16-19-13-6-11(17)12(18)7-14(13)20-16/h2-7H,8H2,1H3,(H,19,20). The van der Waals surface area contributed by atoms with E-state index in [4.69, 9.17) is 27.9 Å². The van der Waals surface area contributed by atoms with Crippen LogP contribution >= 0.6 is 35.0 Å². The molecule has 0 unspecified atom stereocenters. The van der Waals surface area contributed by atoms with Gasteiger partial charge in [0.2, 0.25) is 0 Å². The van der Waals surface area contributed by atoms with Gasteiger partial charge in [-0.2, -0.15) is 0 Å². The number of esters is 1. The molecule has 23 heavy (non-hydrogen) atoms. The Kier molecular flexibility index (Phi) is 4.80. The molecule has 0 bridgehead atoms. The van der Waals surface area contributed by atoms with Crippen LogP contribution < -0.4 is 0 Å². The maximum atomic E-state index is 11.5. The van der Waals surface area contributed by atoms with Crippen LogP contribution in [0.5, 0.6) is 0 Å². The van der Waals surface area contributed by atoms with Crippen LogP contribution in [-0.2, 0) is 10.5 Å². The van der Waals surface area contributed by atoms with E-state index in [-0.39, 0.29) is 5.97 Å². The Hall–Kier alpha value is -1.69. The van der Waals surface area contributed by atoms with Gasteiger partial charge in [0.15, 0.2) is 5.16 Å². The van der Waals surface area contributed by atoms with Crippen LogP contribution in [-0.4, -0.2) is 23.0 Å². The van der Waals surface area contributed by atoms with E-state index < -0.39 is 0 Å². The fraction of sp³-hybridized carbons (Fsp3) is 0.125. The number of aromatic amines is 1. The third-order valence-electron chi connectivity index (χ3n) is 3.23. The van der Waals surface area contributed by atoms with E-state index in [1.807, 2.05) is 18.2 Å². The molecule has 118 valence electrons. The van der Waals surface area contributed by atoms with Crippen LogP contribution in [0.1, 0.15) is 15.9 Å². The van der Waals surface area contributed by atoms with Crippen molar-refractivity contribution in [2.24, 2.45) is 0 Å². The molecule has 0 aliphatic carbocycles. The number of hydrogen-bond donors (Lipinski definition) is 1. The smallest absolute Gasteiger partial charge is 0.337 e. The van der Waals surface area contributed by atoms with Crippen LogP contribution in [0.3, 0.4) is 0 Å². The molecule has 1 aromatic heterocycles. The highest BCUT2D eigenvalue weighted by Crippen LogP contribution is 2.29. The van der Waals surface area contributed by atoms with Crippen molar-refractivity contribution in [3.05, 3.63) is 57.6 Å². The van der Waals surface area contributed by atoms with Crippen LogP contribution in [0.2, 0.25) is 10.0 Å². The lowest BCUT2D eigenvalue weighted by Gasteiger charge is -2.02. The highest BCUT2D eigenvalue weighted by atomic mass is 35.5. The summed E-state index contributed by atoms with van der Waals surface area (Å²) in [7, 11) is 1.37. The monoisotopic (exact) mass is 366 g/mol. The zero-order valence-electron chi connectivity index (χ0n) is 12.1. The van der Waals surface area contributed by atoms with Crippen LogP contribution in [0.4, 0.5) is 0 Å². The molecule has 4 nitrogen and oxygen atoms in total. The van der Waals surface area contributed by atoms with Crippen molar-refractivity contribution >= 4 is 52.0 Å². The number of carbonyl (C=O) groups is 1. The number of rotatable bonds is 4. The molecular weight excluding hydrogens is 355 g/mol. The van der Waals surface area contributed by atoms with Gasteiger partial charge < -0.3 is 9.72 Å².